The number of nitrogens with two attached hydrogens (primary N) is 1. The van der Waals surface area contributed by atoms with E-state index < -0.39 is 0 Å². The van der Waals surface area contributed by atoms with E-state index in [4.69, 9.17) is 5.73 Å². The third kappa shape index (κ3) is 7.97. The first-order chi connectivity index (χ1) is 8.77. The zero-order valence-electron chi connectivity index (χ0n) is 12.6. The summed E-state index contributed by atoms with van der Waals surface area (Å²) in [5.41, 5.74) is 6.08. The number of nitrogens with zero attached hydrogens (tertiary/aromatic N) is 3. The van der Waals surface area contributed by atoms with E-state index >= 15 is 0 Å². The molecule has 0 bridgehead atoms. The molecule has 0 radical (unpaired) electrons. The van der Waals surface area contributed by atoms with Crippen LogP contribution in [0.1, 0.15) is 46.0 Å². The molecular weight excluding hydrogens is 351 g/mol. The summed E-state index contributed by atoms with van der Waals surface area (Å²) in [5.74, 6) is 0.754. The van der Waals surface area contributed by atoms with E-state index in [1.54, 1.807) is 0 Å². The molecule has 2 N–H and O–H groups in total. The first kappa shape index (κ1) is 19.0. The van der Waals surface area contributed by atoms with Crippen molar-refractivity contribution >= 4 is 29.9 Å². The topological polar surface area (TPSA) is 44.9 Å². The van der Waals surface area contributed by atoms with Crippen LogP contribution in [0.15, 0.2) is 4.99 Å². The molecule has 1 aliphatic rings. The highest BCUT2D eigenvalue weighted by molar-refractivity contribution is 14.0. The molecule has 114 valence electrons. The number of hydrogen-bond acceptors (Lipinski definition) is 2. The second-order valence-electron chi connectivity index (χ2n) is 5.08. The Labute approximate surface area is 135 Å². The Morgan fingerprint density at radius 3 is 2.26 bits per heavy atom. The van der Waals surface area contributed by atoms with E-state index in [0.29, 0.717) is 0 Å². The Hall–Kier alpha value is -0.0400. The molecule has 1 rings (SSSR count). The van der Waals surface area contributed by atoms with Crippen LogP contribution in [-0.2, 0) is 0 Å². The minimum absolute atomic E-state index is 0. The fourth-order valence-corrected chi connectivity index (χ4v) is 2.45. The minimum Gasteiger partial charge on any atom is -0.370 e. The predicted octanol–water partition coefficient (Wildman–Crippen LogP) is 2.53. The zero-order valence-corrected chi connectivity index (χ0v) is 14.9. The molecule has 0 atom stereocenters. The molecule has 0 aromatic carbocycles. The summed E-state index contributed by atoms with van der Waals surface area (Å²) in [7, 11) is 0. The molecule has 1 aliphatic heterocycles. The average molecular weight is 382 g/mol. The lowest BCUT2D eigenvalue weighted by Gasteiger charge is -2.22. The molecule has 4 nitrogen and oxygen atoms in total. The van der Waals surface area contributed by atoms with Gasteiger partial charge in [-0.1, -0.05) is 26.7 Å². The van der Waals surface area contributed by atoms with Gasteiger partial charge in [-0.25, -0.2) is 0 Å². The van der Waals surface area contributed by atoms with Crippen LogP contribution >= 0.6 is 24.0 Å². The summed E-state index contributed by atoms with van der Waals surface area (Å²) < 4.78 is 0. The van der Waals surface area contributed by atoms with Gasteiger partial charge in [-0.05, 0) is 32.4 Å². The lowest BCUT2D eigenvalue weighted by atomic mass is 10.2. The molecule has 5 heteroatoms. The average Bonchev–Trinajstić information content (AvgIpc) is 2.66. The number of rotatable bonds is 6. The second-order valence-corrected chi connectivity index (χ2v) is 5.08. The van der Waals surface area contributed by atoms with Gasteiger partial charge in [0.2, 0.25) is 0 Å². The van der Waals surface area contributed by atoms with Crippen LogP contribution < -0.4 is 5.73 Å². The van der Waals surface area contributed by atoms with Crippen molar-refractivity contribution in [2.45, 2.75) is 46.0 Å². The number of aliphatic imine (C=N–C) groups is 1. The van der Waals surface area contributed by atoms with Gasteiger partial charge in [0.1, 0.15) is 0 Å². The predicted molar refractivity (Wildman–Crippen MR) is 94.4 cm³/mol. The highest BCUT2D eigenvalue weighted by Crippen LogP contribution is 2.08. The van der Waals surface area contributed by atoms with E-state index in [1.807, 2.05) is 0 Å². The molecule has 1 heterocycles. The molecule has 0 aromatic rings. The first-order valence-electron chi connectivity index (χ1n) is 7.55. The Morgan fingerprint density at radius 1 is 1.11 bits per heavy atom. The third-order valence-electron chi connectivity index (χ3n) is 3.61. The van der Waals surface area contributed by atoms with Crippen LogP contribution in [-0.4, -0.2) is 55.0 Å². The number of likely N-dealkylation sites (tertiary alicyclic amines) is 1. The Kier molecular flexibility index (Phi) is 11.7. The van der Waals surface area contributed by atoms with Crippen LogP contribution in [0.5, 0.6) is 0 Å². The van der Waals surface area contributed by atoms with Crippen LogP contribution in [0.4, 0.5) is 0 Å². The lowest BCUT2D eigenvalue weighted by Crippen LogP contribution is -2.38. The van der Waals surface area contributed by atoms with E-state index in [-0.39, 0.29) is 24.0 Å². The minimum atomic E-state index is 0. The molecule has 0 aromatic heterocycles. The van der Waals surface area contributed by atoms with Crippen molar-refractivity contribution in [1.29, 1.82) is 0 Å². The molecule has 0 amide bonds. The largest absolute Gasteiger partial charge is 0.370 e. The van der Waals surface area contributed by atoms with E-state index in [2.05, 4.69) is 28.6 Å². The fraction of sp³-hybridized carbons (Fsp3) is 0.929. The summed E-state index contributed by atoms with van der Waals surface area (Å²) in [6.45, 7) is 10.7. The van der Waals surface area contributed by atoms with E-state index in [0.717, 1.165) is 45.2 Å². The monoisotopic (exact) mass is 382 g/mol. The van der Waals surface area contributed by atoms with Crippen molar-refractivity contribution < 1.29 is 0 Å². The summed E-state index contributed by atoms with van der Waals surface area (Å²) >= 11 is 0. The van der Waals surface area contributed by atoms with Crippen molar-refractivity contribution in [3.05, 3.63) is 0 Å². The van der Waals surface area contributed by atoms with Crippen molar-refractivity contribution in [2.75, 3.05) is 39.3 Å². The zero-order chi connectivity index (χ0) is 13.2. The maximum atomic E-state index is 6.08. The second kappa shape index (κ2) is 11.8. The number of likely N-dealkylation sites (N-methyl/N-ethyl adjacent to an activating group) is 1. The molecule has 0 saturated carbocycles. The van der Waals surface area contributed by atoms with Gasteiger partial charge in [-0.3, -0.25) is 4.99 Å². The third-order valence-corrected chi connectivity index (χ3v) is 3.61. The SMILES string of the molecule is CCCN(CC)CCN=C(N)N1CCCCCC1.I. The fourth-order valence-electron chi connectivity index (χ4n) is 2.45. The van der Waals surface area contributed by atoms with Crippen LogP contribution in [0, 0.1) is 0 Å². The maximum Gasteiger partial charge on any atom is 0.191 e. The highest BCUT2D eigenvalue weighted by Gasteiger charge is 2.10. The molecule has 1 fully saturated rings. The molecule has 0 unspecified atom stereocenters. The smallest absolute Gasteiger partial charge is 0.191 e. The quantitative estimate of drug-likeness (QED) is 0.436. The molecule has 0 spiro atoms. The number of hydrogen-bond donors (Lipinski definition) is 1. The highest BCUT2D eigenvalue weighted by atomic mass is 127. The van der Waals surface area contributed by atoms with Gasteiger partial charge in [0.05, 0.1) is 6.54 Å². The van der Waals surface area contributed by atoms with Crippen LogP contribution in [0.25, 0.3) is 0 Å². The van der Waals surface area contributed by atoms with Gasteiger partial charge < -0.3 is 15.5 Å². The van der Waals surface area contributed by atoms with Crippen molar-refractivity contribution in [3.8, 4) is 0 Å². The summed E-state index contributed by atoms with van der Waals surface area (Å²) in [4.78, 5) is 9.22. The summed E-state index contributed by atoms with van der Waals surface area (Å²) in [6.07, 6.45) is 6.40. The van der Waals surface area contributed by atoms with Crippen molar-refractivity contribution in [3.63, 3.8) is 0 Å². The van der Waals surface area contributed by atoms with Crippen LogP contribution in [0.3, 0.4) is 0 Å². The lowest BCUT2D eigenvalue weighted by molar-refractivity contribution is 0.296. The molecule has 1 saturated heterocycles. The summed E-state index contributed by atoms with van der Waals surface area (Å²) in [6, 6.07) is 0. The van der Waals surface area contributed by atoms with E-state index in [9.17, 15) is 0 Å². The van der Waals surface area contributed by atoms with Gasteiger partial charge in [0.25, 0.3) is 0 Å². The normalized spacial score (nSPS) is 17.2. The maximum absolute atomic E-state index is 6.08. The van der Waals surface area contributed by atoms with Crippen molar-refractivity contribution in [1.82, 2.24) is 9.80 Å². The standard InChI is InChI=1S/C14H30N4.HI/c1-3-10-17(4-2)13-9-16-14(15)18-11-7-5-6-8-12-18;/h3-13H2,1-2H3,(H2,15,16);1H. The van der Waals surface area contributed by atoms with Crippen LogP contribution in [0.2, 0.25) is 0 Å². The number of guanidine groups is 1. The van der Waals surface area contributed by atoms with Gasteiger partial charge in [-0.2, -0.15) is 0 Å². The molecule has 19 heavy (non-hydrogen) atoms. The van der Waals surface area contributed by atoms with E-state index in [1.165, 1.54) is 32.1 Å². The molecular formula is C14H31IN4. The Balaban J connectivity index is 0.00000324. The van der Waals surface area contributed by atoms with Gasteiger partial charge >= 0.3 is 0 Å². The Bertz CT molecular complexity index is 238. The van der Waals surface area contributed by atoms with Crippen molar-refractivity contribution in [2.24, 2.45) is 10.7 Å². The molecule has 0 aliphatic carbocycles. The van der Waals surface area contributed by atoms with Gasteiger partial charge in [0.15, 0.2) is 5.96 Å². The number of halogens is 1. The first-order valence-corrected chi connectivity index (χ1v) is 7.55. The summed E-state index contributed by atoms with van der Waals surface area (Å²) in [5, 5.41) is 0. The van der Waals surface area contributed by atoms with Gasteiger partial charge in [0, 0.05) is 19.6 Å². The Morgan fingerprint density at radius 2 is 1.74 bits per heavy atom. The van der Waals surface area contributed by atoms with Gasteiger partial charge in [-0.15, -0.1) is 24.0 Å².